The van der Waals surface area contributed by atoms with E-state index in [0.717, 1.165) is 12.5 Å². The molecule has 1 aliphatic heterocycles. The predicted molar refractivity (Wildman–Crippen MR) is 71.4 cm³/mol. The van der Waals surface area contributed by atoms with Crippen LogP contribution < -0.4 is 11.1 Å². The van der Waals surface area contributed by atoms with Crippen LogP contribution in [0.25, 0.3) is 0 Å². The van der Waals surface area contributed by atoms with Crippen LogP contribution in [0.5, 0.6) is 0 Å². The Morgan fingerprint density at radius 1 is 1.60 bits per heavy atom. The summed E-state index contributed by atoms with van der Waals surface area (Å²) in [6.45, 7) is 1.92. The zero-order valence-electron chi connectivity index (χ0n) is 11.1. The molecule has 2 unspecified atom stereocenters. The summed E-state index contributed by atoms with van der Waals surface area (Å²) in [7, 11) is 0. The number of rotatable bonds is 3. The van der Waals surface area contributed by atoms with Crippen molar-refractivity contribution in [2.75, 3.05) is 11.9 Å². The molecule has 1 heterocycles. The monoisotopic (exact) mass is 277 g/mol. The van der Waals surface area contributed by atoms with Gasteiger partial charge in [-0.15, -0.1) is 0 Å². The Kier molecular flexibility index (Phi) is 4.32. The summed E-state index contributed by atoms with van der Waals surface area (Å²) in [5.41, 5.74) is 6.25. The number of carbonyl (C=O) groups is 1. The fourth-order valence-corrected chi connectivity index (χ4v) is 2.16. The van der Waals surface area contributed by atoms with Crippen molar-refractivity contribution in [3.05, 3.63) is 29.1 Å². The Labute approximate surface area is 116 Å². The highest BCUT2D eigenvalue weighted by Gasteiger charge is 2.30. The van der Waals surface area contributed by atoms with Crippen molar-refractivity contribution in [3.63, 3.8) is 0 Å². The van der Waals surface area contributed by atoms with E-state index in [1.54, 1.807) is 6.92 Å². The number of hydrogen-bond acceptors (Lipinski definition) is 4. The summed E-state index contributed by atoms with van der Waals surface area (Å²) in [4.78, 5) is 12.1. The normalized spacial score (nSPS) is 21.5. The summed E-state index contributed by atoms with van der Waals surface area (Å²) in [5.74, 6) is -0.856. The number of ether oxygens (including phenoxy) is 1. The number of carbonyl (C=O) groups excluding carboxylic acids is 1. The van der Waals surface area contributed by atoms with Gasteiger partial charge in [-0.3, -0.25) is 4.79 Å². The molecule has 6 heteroatoms. The summed E-state index contributed by atoms with van der Waals surface area (Å²) in [6, 6.07) is 4.45. The van der Waals surface area contributed by atoms with Crippen molar-refractivity contribution < 1.29 is 13.9 Å². The first kappa shape index (κ1) is 14.4. The highest BCUT2D eigenvalue weighted by molar-refractivity contribution is 5.95. The van der Waals surface area contributed by atoms with Crippen LogP contribution in [0.2, 0.25) is 0 Å². The van der Waals surface area contributed by atoms with Crippen LogP contribution in [0.3, 0.4) is 0 Å². The third-order valence-electron chi connectivity index (χ3n) is 3.39. The molecule has 106 valence electrons. The van der Waals surface area contributed by atoms with Crippen LogP contribution in [-0.2, 0) is 9.53 Å². The molecular formula is C14H16FN3O2. The Hall–Kier alpha value is -1.97. The molecule has 1 aliphatic rings. The van der Waals surface area contributed by atoms with E-state index in [1.807, 2.05) is 6.07 Å². The van der Waals surface area contributed by atoms with E-state index in [2.05, 4.69) is 5.32 Å². The van der Waals surface area contributed by atoms with Crippen LogP contribution in [0.4, 0.5) is 10.1 Å². The van der Waals surface area contributed by atoms with Gasteiger partial charge < -0.3 is 15.8 Å². The number of nitrogens with one attached hydrogen (secondary N) is 1. The van der Waals surface area contributed by atoms with E-state index < -0.39 is 11.9 Å². The van der Waals surface area contributed by atoms with Crippen molar-refractivity contribution >= 4 is 11.6 Å². The molecule has 0 bridgehead atoms. The second kappa shape index (κ2) is 5.99. The van der Waals surface area contributed by atoms with Gasteiger partial charge in [0.05, 0.1) is 17.7 Å². The topological polar surface area (TPSA) is 88.1 Å². The number of benzene rings is 1. The first-order chi connectivity index (χ1) is 9.55. The Morgan fingerprint density at radius 2 is 2.35 bits per heavy atom. The first-order valence-corrected chi connectivity index (χ1v) is 6.41. The minimum Gasteiger partial charge on any atom is -0.364 e. The Bertz CT molecular complexity index is 568. The van der Waals surface area contributed by atoms with Crippen molar-refractivity contribution in [2.24, 2.45) is 5.73 Å². The molecule has 2 atom stereocenters. The van der Waals surface area contributed by atoms with E-state index >= 15 is 0 Å². The van der Waals surface area contributed by atoms with E-state index in [1.165, 1.54) is 6.07 Å². The summed E-state index contributed by atoms with van der Waals surface area (Å²) >= 11 is 0. The third-order valence-corrected chi connectivity index (χ3v) is 3.39. The van der Waals surface area contributed by atoms with E-state index in [9.17, 15) is 9.18 Å². The Balaban J connectivity index is 2.12. The second-order valence-corrected chi connectivity index (χ2v) is 4.79. The smallest absolute Gasteiger partial charge is 0.253 e. The lowest BCUT2D eigenvalue weighted by Gasteiger charge is -2.14. The second-order valence-electron chi connectivity index (χ2n) is 4.79. The molecule has 20 heavy (non-hydrogen) atoms. The molecule has 0 saturated carbocycles. The number of hydrogen-bond donors (Lipinski definition) is 2. The maximum atomic E-state index is 13.6. The number of nitrogens with zero attached hydrogens (tertiary/aromatic N) is 1. The molecular weight excluding hydrogens is 261 g/mol. The average Bonchev–Trinajstić information content (AvgIpc) is 2.92. The summed E-state index contributed by atoms with van der Waals surface area (Å²) < 4.78 is 19.1. The zero-order valence-corrected chi connectivity index (χ0v) is 11.1. The molecule has 0 radical (unpaired) electrons. The quantitative estimate of drug-likeness (QED) is 0.875. The Morgan fingerprint density at radius 3 is 2.95 bits per heavy atom. The molecule has 0 aliphatic carbocycles. The lowest BCUT2D eigenvalue weighted by atomic mass is 10.1. The largest absolute Gasteiger partial charge is 0.364 e. The van der Waals surface area contributed by atoms with Crippen LogP contribution in [-0.4, -0.2) is 24.7 Å². The van der Waals surface area contributed by atoms with Crippen LogP contribution >= 0.6 is 0 Å². The fraction of sp³-hybridized carbons (Fsp3) is 0.429. The van der Waals surface area contributed by atoms with Crippen LogP contribution in [0, 0.1) is 24.1 Å². The number of nitriles is 1. The van der Waals surface area contributed by atoms with Crippen molar-refractivity contribution in [2.45, 2.75) is 32.0 Å². The molecule has 3 N–H and O–H groups in total. The molecule has 0 aromatic heterocycles. The van der Waals surface area contributed by atoms with Gasteiger partial charge in [-0.25, -0.2) is 4.39 Å². The van der Waals surface area contributed by atoms with Gasteiger partial charge in [-0.05, 0) is 31.9 Å². The highest BCUT2D eigenvalue weighted by Crippen LogP contribution is 2.24. The van der Waals surface area contributed by atoms with Gasteiger partial charge in [-0.1, -0.05) is 0 Å². The predicted octanol–water partition coefficient (Wildman–Crippen LogP) is 1.45. The first-order valence-electron chi connectivity index (χ1n) is 6.41. The number of amides is 1. The highest BCUT2D eigenvalue weighted by atomic mass is 19.1. The number of anilines is 1. The molecule has 1 saturated heterocycles. The van der Waals surface area contributed by atoms with Gasteiger partial charge in [0.15, 0.2) is 0 Å². The lowest BCUT2D eigenvalue weighted by molar-refractivity contribution is -0.126. The van der Waals surface area contributed by atoms with Gasteiger partial charge in [0.1, 0.15) is 11.9 Å². The van der Waals surface area contributed by atoms with Gasteiger partial charge in [0.2, 0.25) is 0 Å². The van der Waals surface area contributed by atoms with Gasteiger partial charge >= 0.3 is 0 Å². The SMILES string of the molecule is Cc1c(F)cc(C#N)cc1NC(=O)C1CCC(CN)O1. The standard InChI is InChI=1S/C14H16FN3O2/c1-8-11(15)4-9(6-16)5-12(8)18-14(19)13-3-2-10(7-17)20-13/h4-5,10,13H,2-3,7,17H2,1H3,(H,18,19). The third kappa shape index (κ3) is 2.95. The molecule has 1 aromatic rings. The van der Waals surface area contributed by atoms with Crippen molar-refractivity contribution in [3.8, 4) is 6.07 Å². The molecule has 1 amide bonds. The lowest BCUT2D eigenvalue weighted by Crippen LogP contribution is -2.30. The van der Waals surface area contributed by atoms with Crippen LogP contribution in [0.15, 0.2) is 12.1 Å². The van der Waals surface area contributed by atoms with Gasteiger partial charge in [-0.2, -0.15) is 5.26 Å². The van der Waals surface area contributed by atoms with Crippen molar-refractivity contribution in [1.82, 2.24) is 0 Å². The molecule has 1 fully saturated rings. The maximum absolute atomic E-state index is 13.6. The van der Waals surface area contributed by atoms with Crippen molar-refractivity contribution in [1.29, 1.82) is 5.26 Å². The fourth-order valence-electron chi connectivity index (χ4n) is 2.16. The maximum Gasteiger partial charge on any atom is 0.253 e. The zero-order chi connectivity index (χ0) is 14.7. The molecule has 1 aromatic carbocycles. The number of nitrogens with two attached hydrogens (primary N) is 1. The minimum absolute atomic E-state index is 0.103. The van der Waals surface area contributed by atoms with Crippen LogP contribution in [0.1, 0.15) is 24.0 Å². The minimum atomic E-state index is -0.572. The van der Waals surface area contributed by atoms with Gasteiger partial charge in [0, 0.05) is 17.8 Å². The summed E-state index contributed by atoms with van der Waals surface area (Å²) in [6.07, 6.45) is 0.652. The van der Waals surface area contributed by atoms with E-state index in [0.29, 0.717) is 24.2 Å². The summed E-state index contributed by atoms with van der Waals surface area (Å²) in [5, 5.41) is 11.4. The van der Waals surface area contributed by atoms with E-state index in [-0.39, 0.29) is 17.6 Å². The molecule has 0 spiro atoms. The average molecular weight is 277 g/mol. The molecule has 5 nitrogen and oxygen atoms in total. The van der Waals surface area contributed by atoms with E-state index in [4.69, 9.17) is 15.7 Å². The molecule has 2 rings (SSSR count). The number of halogens is 1. The van der Waals surface area contributed by atoms with Gasteiger partial charge in [0.25, 0.3) is 5.91 Å².